The number of carbonyl (C=O) groups excluding carboxylic acids is 2. The third-order valence-corrected chi connectivity index (χ3v) is 4.35. The van der Waals surface area contributed by atoms with Gasteiger partial charge in [0.25, 0.3) is 5.91 Å². The lowest BCUT2D eigenvalue weighted by Gasteiger charge is -2.09. The lowest BCUT2D eigenvalue weighted by molar-refractivity contribution is -0.118. The van der Waals surface area contributed by atoms with Gasteiger partial charge < -0.3 is 15.6 Å². The molecule has 6 nitrogen and oxygen atoms in total. The number of nitrogens with two attached hydrogens (primary N) is 1. The molecule has 0 atom stereocenters. The second-order valence-electron chi connectivity index (χ2n) is 5.44. The van der Waals surface area contributed by atoms with E-state index >= 15 is 0 Å². The Morgan fingerprint density at radius 1 is 1.16 bits per heavy atom. The van der Waals surface area contributed by atoms with Crippen molar-refractivity contribution in [3.63, 3.8) is 0 Å². The van der Waals surface area contributed by atoms with Gasteiger partial charge in [-0.05, 0) is 31.2 Å². The van der Waals surface area contributed by atoms with Gasteiger partial charge in [-0.1, -0.05) is 35.3 Å². The molecule has 3 N–H and O–H groups in total. The number of hydrogen-bond donors (Lipinski definition) is 2. The average Bonchev–Trinajstić information content (AvgIpc) is 2.84. The molecule has 25 heavy (non-hydrogen) atoms. The second-order valence-corrected chi connectivity index (χ2v) is 6.25. The Kier molecular flexibility index (Phi) is 4.65. The van der Waals surface area contributed by atoms with E-state index in [-0.39, 0.29) is 22.2 Å². The van der Waals surface area contributed by atoms with Crippen LogP contribution in [0.4, 0.5) is 5.69 Å². The minimum absolute atomic E-state index is 0.00999. The van der Waals surface area contributed by atoms with Crippen LogP contribution in [0.5, 0.6) is 0 Å². The molecule has 0 aliphatic rings. The fraction of sp³-hybridized carbons (Fsp3) is 0.118. The molecule has 0 aliphatic heterocycles. The number of primary amides is 1. The van der Waals surface area contributed by atoms with Crippen molar-refractivity contribution in [2.24, 2.45) is 5.73 Å². The van der Waals surface area contributed by atoms with Crippen molar-refractivity contribution in [3.05, 3.63) is 57.8 Å². The van der Waals surface area contributed by atoms with E-state index in [0.29, 0.717) is 22.5 Å². The van der Waals surface area contributed by atoms with Crippen molar-refractivity contribution in [2.45, 2.75) is 13.5 Å². The van der Waals surface area contributed by atoms with Crippen molar-refractivity contribution < 1.29 is 9.59 Å². The summed E-state index contributed by atoms with van der Waals surface area (Å²) in [6.07, 6.45) is 0. The highest BCUT2D eigenvalue weighted by Crippen LogP contribution is 2.28. The van der Waals surface area contributed by atoms with E-state index in [1.54, 1.807) is 47.9 Å². The largest absolute Gasteiger partial charge is 0.368 e. The Morgan fingerprint density at radius 2 is 1.80 bits per heavy atom. The van der Waals surface area contributed by atoms with Gasteiger partial charge in [0.05, 0.1) is 26.8 Å². The SMILES string of the molecule is Cc1nc2c(NC(=O)c3c(Cl)cccc3Cl)cccc2n1CC(N)=O. The Morgan fingerprint density at radius 3 is 2.44 bits per heavy atom. The van der Waals surface area contributed by atoms with Crippen molar-refractivity contribution >= 4 is 51.7 Å². The highest BCUT2D eigenvalue weighted by molar-refractivity contribution is 6.40. The Hall–Kier alpha value is -2.57. The number of benzene rings is 2. The smallest absolute Gasteiger partial charge is 0.258 e. The van der Waals surface area contributed by atoms with Gasteiger partial charge in [0.2, 0.25) is 5.91 Å². The second kappa shape index (κ2) is 6.74. The topological polar surface area (TPSA) is 90.0 Å². The predicted octanol–water partition coefficient (Wildman–Crippen LogP) is 3.39. The zero-order chi connectivity index (χ0) is 18.1. The number of amides is 2. The summed E-state index contributed by atoms with van der Waals surface area (Å²) in [5, 5.41) is 3.29. The number of carbonyl (C=O) groups is 2. The van der Waals surface area contributed by atoms with Crippen molar-refractivity contribution in [1.29, 1.82) is 0 Å². The molecule has 0 saturated heterocycles. The number of aromatic nitrogens is 2. The first-order valence-electron chi connectivity index (χ1n) is 7.38. The maximum absolute atomic E-state index is 12.6. The van der Waals surface area contributed by atoms with Gasteiger partial charge in [0, 0.05) is 0 Å². The van der Waals surface area contributed by atoms with Crippen LogP contribution in [-0.4, -0.2) is 21.4 Å². The third-order valence-electron chi connectivity index (χ3n) is 3.72. The minimum atomic E-state index is -0.473. The molecule has 2 aromatic carbocycles. The van der Waals surface area contributed by atoms with Crippen molar-refractivity contribution in [1.82, 2.24) is 9.55 Å². The average molecular weight is 377 g/mol. The van der Waals surface area contributed by atoms with Crippen LogP contribution >= 0.6 is 23.2 Å². The zero-order valence-electron chi connectivity index (χ0n) is 13.2. The molecule has 1 heterocycles. The van der Waals surface area contributed by atoms with E-state index in [1.807, 2.05) is 0 Å². The van der Waals surface area contributed by atoms with Crippen LogP contribution in [0, 0.1) is 6.92 Å². The fourth-order valence-corrected chi connectivity index (χ4v) is 3.19. The van der Waals surface area contributed by atoms with Gasteiger partial charge in [0.15, 0.2) is 0 Å². The number of halogens is 2. The number of nitrogens with one attached hydrogen (secondary N) is 1. The third kappa shape index (κ3) is 3.31. The Labute approximate surface area is 153 Å². The number of aryl methyl sites for hydroxylation is 1. The molecular formula is C17H14Cl2N4O2. The summed E-state index contributed by atoms with van der Waals surface area (Å²) in [6, 6.07) is 10.1. The number of hydrogen-bond acceptors (Lipinski definition) is 3. The first-order valence-corrected chi connectivity index (χ1v) is 8.13. The number of rotatable bonds is 4. The molecule has 0 aliphatic carbocycles. The summed E-state index contributed by atoms with van der Waals surface area (Å²) in [5.41, 5.74) is 7.21. The highest BCUT2D eigenvalue weighted by atomic mass is 35.5. The van der Waals surface area contributed by atoms with Crippen LogP contribution in [-0.2, 0) is 11.3 Å². The summed E-state index contributed by atoms with van der Waals surface area (Å²) in [7, 11) is 0. The molecule has 0 bridgehead atoms. The quantitative estimate of drug-likeness (QED) is 0.730. The molecule has 0 spiro atoms. The van der Waals surface area contributed by atoms with Gasteiger partial charge >= 0.3 is 0 Å². The van der Waals surface area contributed by atoms with E-state index in [0.717, 1.165) is 0 Å². The van der Waals surface area contributed by atoms with E-state index in [2.05, 4.69) is 10.3 Å². The highest BCUT2D eigenvalue weighted by Gasteiger charge is 2.18. The number of nitrogens with zero attached hydrogens (tertiary/aromatic N) is 2. The Bertz CT molecular complexity index is 977. The molecule has 2 amide bonds. The molecule has 0 unspecified atom stereocenters. The minimum Gasteiger partial charge on any atom is -0.368 e. The van der Waals surface area contributed by atoms with E-state index in [9.17, 15) is 9.59 Å². The number of fused-ring (bicyclic) bond motifs is 1. The van der Waals surface area contributed by atoms with Gasteiger partial charge in [-0.15, -0.1) is 0 Å². The lowest BCUT2D eigenvalue weighted by Crippen LogP contribution is -2.19. The molecule has 0 radical (unpaired) electrons. The normalized spacial score (nSPS) is 10.8. The summed E-state index contributed by atoms with van der Waals surface area (Å²) in [6.45, 7) is 1.77. The first-order chi connectivity index (χ1) is 11.9. The summed E-state index contributed by atoms with van der Waals surface area (Å²) in [5.74, 6) is -0.295. The van der Waals surface area contributed by atoms with Crippen molar-refractivity contribution in [3.8, 4) is 0 Å². The van der Waals surface area contributed by atoms with E-state index in [1.165, 1.54) is 0 Å². The van der Waals surface area contributed by atoms with Crippen LogP contribution in [0.2, 0.25) is 10.0 Å². The molecule has 128 valence electrons. The molecule has 1 aromatic heterocycles. The fourth-order valence-electron chi connectivity index (χ4n) is 2.62. The maximum atomic E-state index is 12.6. The van der Waals surface area contributed by atoms with Crippen molar-refractivity contribution in [2.75, 3.05) is 5.32 Å². The van der Waals surface area contributed by atoms with Crippen LogP contribution < -0.4 is 11.1 Å². The maximum Gasteiger partial charge on any atom is 0.258 e. The molecular weight excluding hydrogens is 363 g/mol. The summed E-state index contributed by atoms with van der Waals surface area (Å²) in [4.78, 5) is 28.3. The Balaban J connectivity index is 2.02. The molecule has 3 rings (SSSR count). The lowest BCUT2D eigenvalue weighted by atomic mass is 10.2. The predicted molar refractivity (Wildman–Crippen MR) is 98.1 cm³/mol. The van der Waals surface area contributed by atoms with Crippen LogP contribution in [0.3, 0.4) is 0 Å². The van der Waals surface area contributed by atoms with Crippen LogP contribution in [0.15, 0.2) is 36.4 Å². The first kappa shape index (κ1) is 17.3. The van der Waals surface area contributed by atoms with Gasteiger partial charge in [-0.3, -0.25) is 9.59 Å². The van der Waals surface area contributed by atoms with Gasteiger partial charge in [0.1, 0.15) is 17.9 Å². The molecule has 3 aromatic rings. The molecule has 0 fully saturated rings. The van der Waals surface area contributed by atoms with E-state index in [4.69, 9.17) is 28.9 Å². The number of para-hydroxylation sites is 1. The monoisotopic (exact) mass is 376 g/mol. The number of imidazole rings is 1. The standard InChI is InChI=1S/C17H14Cl2N4O2/c1-9-21-16-12(6-3-7-13(16)23(9)8-14(20)24)22-17(25)15-10(18)4-2-5-11(15)19/h2-7H,8H2,1H3,(H2,20,24)(H,22,25). The summed E-state index contributed by atoms with van der Waals surface area (Å²) >= 11 is 12.2. The van der Waals surface area contributed by atoms with Crippen LogP contribution in [0.1, 0.15) is 16.2 Å². The zero-order valence-corrected chi connectivity index (χ0v) is 14.7. The summed E-state index contributed by atoms with van der Waals surface area (Å²) < 4.78 is 1.69. The van der Waals surface area contributed by atoms with E-state index < -0.39 is 11.8 Å². The molecule has 8 heteroatoms. The van der Waals surface area contributed by atoms with Gasteiger partial charge in [-0.25, -0.2) is 4.98 Å². The van der Waals surface area contributed by atoms with Gasteiger partial charge in [-0.2, -0.15) is 0 Å². The number of anilines is 1. The van der Waals surface area contributed by atoms with Crippen LogP contribution in [0.25, 0.3) is 11.0 Å². The molecule has 0 saturated carbocycles.